The lowest BCUT2D eigenvalue weighted by atomic mass is 9.95. The Morgan fingerprint density at radius 2 is 2.21 bits per heavy atom. The molecule has 1 fully saturated rings. The van der Waals surface area contributed by atoms with Crippen molar-refractivity contribution < 1.29 is 9.90 Å². The summed E-state index contributed by atoms with van der Waals surface area (Å²) in [6.07, 6.45) is 2.61. The predicted octanol–water partition coefficient (Wildman–Crippen LogP) is 2.54. The van der Waals surface area contributed by atoms with Crippen molar-refractivity contribution in [1.82, 2.24) is 0 Å². The minimum absolute atomic E-state index is 0.0292. The number of hydrogen-bond acceptors (Lipinski definition) is 2. The number of aromatic hydroxyl groups is 1. The average Bonchev–Trinajstić information content (AvgIpc) is 2.57. The summed E-state index contributed by atoms with van der Waals surface area (Å²) in [7, 11) is 0. The zero-order chi connectivity index (χ0) is 10.1. The topological polar surface area (TPSA) is 37.3 Å². The van der Waals surface area contributed by atoms with Crippen molar-refractivity contribution in [3.63, 3.8) is 0 Å². The van der Waals surface area contributed by atoms with Crippen LogP contribution in [0, 0.1) is 6.92 Å². The fourth-order valence-electron chi connectivity index (χ4n) is 2.01. The molecule has 1 saturated carbocycles. The van der Waals surface area contributed by atoms with Crippen LogP contribution in [-0.2, 0) is 4.79 Å². The number of hydrogen-bond donors (Lipinski definition) is 1. The van der Waals surface area contributed by atoms with Gasteiger partial charge in [-0.3, -0.25) is 4.79 Å². The summed E-state index contributed by atoms with van der Waals surface area (Å²) in [5.74, 6) is 0.636. The molecule has 0 aliphatic heterocycles. The first kappa shape index (κ1) is 9.25. The number of aryl methyl sites for hydroxylation is 1. The number of benzene rings is 1. The first-order chi connectivity index (χ1) is 6.68. The largest absolute Gasteiger partial charge is 0.508 e. The van der Waals surface area contributed by atoms with Gasteiger partial charge >= 0.3 is 0 Å². The predicted molar refractivity (Wildman–Crippen MR) is 54.4 cm³/mol. The molecule has 0 radical (unpaired) electrons. The van der Waals surface area contributed by atoms with Gasteiger partial charge in [0.1, 0.15) is 11.5 Å². The maximum atomic E-state index is 11.5. The molecule has 14 heavy (non-hydrogen) atoms. The lowest BCUT2D eigenvalue weighted by Gasteiger charge is -2.09. The van der Waals surface area contributed by atoms with E-state index in [0.29, 0.717) is 18.0 Å². The third-order valence-electron chi connectivity index (χ3n) is 2.94. The lowest BCUT2D eigenvalue weighted by Crippen LogP contribution is -2.03. The van der Waals surface area contributed by atoms with Gasteiger partial charge in [-0.05, 0) is 37.0 Å². The monoisotopic (exact) mass is 190 g/mol. The quantitative estimate of drug-likeness (QED) is 0.738. The van der Waals surface area contributed by atoms with Gasteiger partial charge in [-0.25, -0.2) is 0 Å². The second-order valence-corrected chi connectivity index (χ2v) is 3.96. The first-order valence-electron chi connectivity index (χ1n) is 5.00. The Kier molecular flexibility index (Phi) is 2.28. The van der Waals surface area contributed by atoms with E-state index in [9.17, 15) is 9.90 Å². The Balaban J connectivity index is 2.32. The standard InChI is InChI=1S/C12H14O2/c1-8-5-6-9(7-12(8)14)10-3-2-4-11(10)13/h5-7,10,14H,2-4H2,1H3. The van der Waals surface area contributed by atoms with Gasteiger partial charge in [0.2, 0.25) is 0 Å². The summed E-state index contributed by atoms with van der Waals surface area (Å²) in [6.45, 7) is 1.86. The Morgan fingerprint density at radius 3 is 2.79 bits per heavy atom. The molecule has 1 N–H and O–H groups in total. The van der Waals surface area contributed by atoms with Crippen molar-refractivity contribution in [2.24, 2.45) is 0 Å². The van der Waals surface area contributed by atoms with Crippen LogP contribution in [0.5, 0.6) is 5.75 Å². The molecule has 1 aliphatic carbocycles. The second kappa shape index (κ2) is 3.45. The SMILES string of the molecule is Cc1ccc(C2CCCC2=O)cc1O. The van der Waals surface area contributed by atoms with Crippen molar-refractivity contribution >= 4 is 5.78 Å². The van der Waals surface area contributed by atoms with Crippen LogP contribution in [0.2, 0.25) is 0 Å². The van der Waals surface area contributed by atoms with Crippen molar-refractivity contribution in [1.29, 1.82) is 0 Å². The van der Waals surface area contributed by atoms with Crippen molar-refractivity contribution in [2.75, 3.05) is 0 Å². The molecule has 1 aromatic carbocycles. The first-order valence-corrected chi connectivity index (χ1v) is 5.00. The highest BCUT2D eigenvalue weighted by molar-refractivity contribution is 5.87. The normalized spacial score (nSPS) is 21.5. The van der Waals surface area contributed by atoms with Gasteiger partial charge in [0.15, 0.2) is 0 Å². The van der Waals surface area contributed by atoms with Crippen LogP contribution < -0.4 is 0 Å². The maximum Gasteiger partial charge on any atom is 0.140 e. The highest BCUT2D eigenvalue weighted by atomic mass is 16.3. The zero-order valence-corrected chi connectivity index (χ0v) is 8.29. The smallest absolute Gasteiger partial charge is 0.140 e. The Hall–Kier alpha value is -1.31. The third kappa shape index (κ3) is 1.52. The fourth-order valence-corrected chi connectivity index (χ4v) is 2.01. The Labute approximate surface area is 83.6 Å². The molecule has 1 aliphatic rings. The van der Waals surface area contributed by atoms with E-state index >= 15 is 0 Å². The number of ketones is 1. The number of Topliss-reactive ketones (excluding diaryl/α,β-unsaturated/α-hetero) is 1. The molecule has 0 spiro atoms. The van der Waals surface area contributed by atoms with Crippen molar-refractivity contribution in [3.05, 3.63) is 29.3 Å². The Morgan fingerprint density at radius 1 is 1.43 bits per heavy atom. The van der Waals surface area contributed by atoms with E-state index in [1.54, 1.807) is 6.07 Å². The zero-order valence-electron chi connectivity index (χ0n) is 8.29. The summed E-state index contributed by atoms with van der Waals surface area (Å²) in [6, 6.07) is 5.54. The molecule has 1 unspecified atom stereocenters. The van der Waals surface area contributed by atoms with Crippen molar-refractivity contribution in [2.45, 2.75) is 32.1 Å². The van der Waals surface area contributed by atoms with Crippen LogP contribution in [-0.4, -0.2) is 10.9 Å². The molecule has 2 nitrogen and oxygen atoms in total. The van der Waals surface area contributed by atoms with E-state index in [1.165, 1.54) is 0 Å². The van der Waals surface area contributed by atoms with Crippen LogP contribution >= 0.6 is 0 Å². The molecular weight excluding hydrogens is 176 g/mol. The number of carbonyl (C=O) groups is 1. The van der Waals surface area contributed by atoms with Crippen LogP contribution in [0.4, 0.5) is 0 Å². The molecule has 1 atom stereocenters. The summed E-state index contributed by atoms with van der Waals surface area (Å²) >= 11 is 0. The Bertz CT molecular complexity index is 369. The van der Waals surface area contributed by atoms with Gasteiger partial charge in [0.25, 0.3) is 0 Å². The van der Waals surface area contributed by atoms with E-state index in [-0.39, 0.29) is 5.92 Å². The third-order valence-corrected chi connectivity index (χ3v) is 2.94. The highest BCUT2D eigenvalue weighted by Gasteiger charge is 2.26. The van der Waals surface area contributed by atoms with Gasteiger partial charge in [-0.2, -0.15) is 0 Å². The molecule has 0 heterocycles. The molecular formula is C12H14O2. The summed E-state index contributed by atoms with van der Waals surface area (Å²) < 4.78 is 0. The van der Waals surface area contributed by atoms with Gasteiger partial charge in [-0.15, -0.1) is 0 Å². The number of rotatable bonds is 1. The summed E-state index contributed by atoms with van der Waals surface area (Å²) in [5.41, 5.74) is 1.83. The minimum Gasteiger partial charge on any atom is -0.508 e. The molecule has 0 amide bonds. The van der Waals surface area contributed by atoms with Gasteiger partial charge in [-0.1, -0.05) is 12.1 Å². The number of carbonyl (C=O) groups excluding carboxylic acids is 1. The minimum atomic E-state index is 0.0292. The van der Waals surface area contributed by atoms with E-state index in [1.807, 2.05) is 19.1 Å². The van der Waals surface area contributed by atoms with Crippen LogP contribution in [0.25, 0.3) is 0 Å². The van der Waals surface area contributed by atoms with E-state index < -0.39 is 0 Å². The van der Waals surface area contributed by atoms with E-state index in [2.05, 4.69) is 0 Å². The maximum absolute atomic E-state index is 11.5. The van der Waals surface area contributed by atoms with Crippen molar-refractivity contribution in [3.8, 4) is 5.75 Å². The van der Waals surface area contributed by atoms with Crippen LogP contribution in [0.3, 0.4) is 0 Å². The molecule has 0 bridgehead atoms. The summed E-state index contributed by atoms with van der Waals surface area (Å²) in [5, 5.41) is 9.54. The van der Waals surface area contributed by atoms with E-state index in [4.69, 9.17) is 0 Å². The average molecular weight is 190 g/mol. The second-order valence-electron chi connectivity index (χ2n) is 3.96. The number of phenolic OH excluding ortho intramolecular Hbond substituents is 1. The number of phenols is 1. The molecule has 0 saturated heterocycles. The lowest BCUT2D eigenvalue weighted by molar-refractivity contribution is -0.118. The van der Waals surface area contributed by atoms with Crippen LogP contribution in [0.1, 0.15) is 36.3 Å². The molecule has 0 aromatic heterocycles. The molecule has 1 aromatic rings. The van der Waals surface area contributed by atoms with Gasteiger partial charge in [0.05, 0.1) is 0 Å². The molecule has 2 heteroatoms. The van der Waals surface area contributed by atoms with Gasteiger partial charge < -0.3 is 5.11 Å². The molecule has 74 valence electrons. The van der Waals surface area contributed by atoms with E-state index in [0.717, 1.165) is 24.0 Å². The van der Waals surface area contributed by atoms with Gasteiger partial charge in [0, 0.05) is 12.3 Å². The van der Waals surface area contributed by atoms with Crippen LogP contribution in [0.15, 0.2) is 18.2 Å². The summed E-state index contributed by atoms with van der Waals surface area (Å²) in [4.78, 5) is 11.5. The highest BCUT2D eigenvalue weighted by Crippen LogP contribution is 2.33. The molecule has 2 rings (SSSR count). The fraction of sp³-hybridized carbons (Fsp3) is 0.417.